The average Bonchev–Trinajstić information content (AvgIpc) is 3.16. The second-order valence-corrected chi connectivity index (χ2v) is 10.4. The molecule has 38 heavy (non-hydrogen) atoms. The molecule has 0 spiro atoms. The fourth-order valence-electron chi connectivity index (χ4n) is 4.00. The number of thioether (sulfide) groups is 1. The summed E-state index contributed by atoms with van der Waals surface area (Å²) in [5, 5.41) is 2.88. The summed E-state index contributed by atoms with van der Waals surface area (Å²) < 4.78 is 11.0. The third-order valence-electron chi connectivity index (χ3n) is 5.90. The summed E-state index contributed by atoms with van der Waals surface area (Å²) in [4.78, 5) is 53.1. The number of hydrogen-bond acceptors (Lipinski definition) is 7. The number of ether oxygens (including phenoxy) is 2. The summed E-state index contributed by atoms with van der Waals surface area (Å²) in [6, 6.07) is 9.73. The highest BCUT2D eigenvalue weighted by Gasteiger charge is 2.37. The SMILES string of the molecule is COc1cc(/C=C2\SC(=O)N(CC(=O)N3CCCCC3)C2=O)cc(Cl)c1OCC(=O)Nc1ccc(Cl)cc1. The molecule has 2 aliphatic heterocycles. The highest BCUT2D eigenvalue weighted by Crippen LogP contribution is 2.39. The van der Waals surface area contributed by atoms with Crippen LogP contribution in [-0.4, -0.2) is 66.1 Å². The molecule has 200 valence electrons. The Bertz CT molecular complexity index is 1280. The van der Waals surface area contributed by atoms with Crippen molar-refractivity contribution in [1.82, 2.24) is 9.80 Å². The maximum Gasteiger partial charge on any atom is 0.294 e. The van der Waals surface area contributed by atoms with Gasteiger partial charge in [0.25, 0.3) is 17.1 Å². The average molecular weight is 578 g/mol. The van der Waals surface area contributed by atoms with Gasteiger partial charge in [-0.1, -0.05) is 23.2 Å². The lowest BCUT2D eigenvalue weighted by Gasteiger charge is -2.27. The van der Waals surface area contributed by atoms with Gasteiger partial charge in [0.1, 0.15) is 6.54 Å². The smallest absolute Gasteiger partial charge is 0.294 e. The number of carbonyl (C=O) groups excluding carboxylic acids is 4. The van der Waals surface area contributed by atoms with Crippen molar-refractivity contribution in [3.8, 4) is 11.5 Å². The number of rotatable bonds is 8. The van der Waals surface area contributed by atoms with Gasteiger partial charge in [0.2, 0.25) is 5.91 Å². The molecule has 0 bridgehead atoms. The molecule has 2 fully saturated rings. The van der Waals surface area contributed by atoms with Crippen molar-refractivity contribution in [3.63, 3.8) is 0 Å². The number of piperidine rings is 1. The van der Waals surface area contributed by atoms with Crippen LogP contribution in [0, 0.1) is 0 Å². The normalized spacial score (nSPS) is 16.7. The predicted octanol–water partition coefficient (Wildman–Crippen LogP) is 5.07. The van der Waals surface area contributed by atoms with Crippen molar-refractivity contribution in [2.75, 3.05) is 38.7 Å². The van der Waals surface area contributed by atoms with Crippen molar-refractivity contribution >= 4 is 69.7 Å². The Labute approximate surface area is 234 Å². The van der Waals surface area contributed by atoms with Crippen LogP contribution in [0.4, 0.5) is 10.5 Å². The second-order valence-electron chi connectivity index (χ2n) is 8.59. The summed E-state index contributed by atoms with van der Waals surface area (Å²) >= 11 is 13.0. The van der Waals surface area contributed by atoms with E-state index >= 15 is 0 Å². The number of halogens is 2. The summed E-state index contributed by atoms with van der Waals surface area (Å²) in [7, 11) is 1.41. The molecule has 4 amide bonds. The van der Waals surface area contributed by atoms with E-state index < -0.39 is 17.1 Å². The Balaban J connectivity index is 1.42. The van der Waals surface area contributed by atoms with Crippen LogP contribution in [0.2, 0.25) is 10.0 Å². The van der Waals surface area contributed by atoms with E-state index in [2.05, 4.69) is 5.32 Å². The van der Waals surface area contributed by atoms with Gasteiger partial charge < -0.3 is 19.7 Å². The van der Waals surface area contributed by atoms with E-state index in [0.29, 0.717) is 29.4 Å². The zero-order chi connectivity index (χ0) is 27.2. The zero-order valence-corrected chi connectivity index (χ0v) is 22.8. The number of amides is 4. The molecule has 4 rings (SSSR count). The molecule has 2 aromatic rings. The molecule has 0 aromatic heterocycles. The van der Waals surface area contributed by atoms with Crippen molar-refractivity contribution in [1.29, 1.82) is 0 Å². The Morgan fingerprint density at radius 2 is 1.79 bits per heavy atom. The second kappa shape index (κ2) is 12.6. The lowest BCUT2D eigenvalue weighted by atomic mass is 10.1. The van der Waals surface area contributed by atoms with E-state index in [1.807, 2.05) is 0 Å². The summed E-state index contributed by atoms with van der Waals surface area (Å²) in [5.41, 5.74) is 1.04. The van der Waals surface area contributed by atoms with Crippen molar-refractivity contribution in [2.24, 2.45) is 0 Å². The Hall–Kier alpha value is -3.21. The van der Waals surface area contributed by atoms with E-state index in [-0.39, 0.29) is 40.5 Å². The zero-order valence-electron chi connectivity index (χ0n) is 20.5. The maximum atomic E-state index is 12.9. The lowest BCUT2D eigenvalue weighted by Crippen LogP contribution is -2.44. The van der Waals surface area contributed by atoms with Gasteiger partial charge in [-0.05, 0) is 79.1 Å². The summed E-state index contributed by atoms with van der Waals surface area (Å²) in [6.45, 7) is 0.666. The number of hydrogen-bond donors (Lipinski definition) is 1. The molecule has 0 saturated carbocycles. The number of nitrogens with zero attached hydrogens (tertiary/aromatic N) is 2. The van der Waals surface area contributed by atoms with Gasteiger partial charge in [0, 0.05) is 23.8 Å². The molecule has 2 aromatic carbocycles. The third kappa shape index (κ3) is 6.80. The van der Waals surface area contributed by atoms with E-state index in [4.69, 9.17) is 32.7 Å². The number of nitrogens with one attached hydrogen (secondary N) is 1. The van der Waals surface area contributed by atoms with Crippen LogP contribution < -0.4 is 14.8 Å². The van der Waals surface area contributed by atoms with E-state index in [0.717, 1.165) is 35.9 Å². The number of methoxy groups -OCH3 is 1. The Morgan fingerprint density at radius 3 is 2.47 bits per heavy atom. The van der Waals surface area contributed by atoms with Gasteiger partial charge in [-0.15, -0.1) is 0 Å². The van der Waals surface area contributed by atoms with E-state index in [1.165, 1.54) is 19.3 Å². The van der Waals surface area contributed by atoms with Crippen LogP contribution >= 0.6 is 35.0 Å². The molecule has 2 heterocycles. The highest BCUT2D eigenvalue weighted by atomic mass is 35.5. The molecule has 1 N–H and O–H groups in total. The molecule has 0 atom stereocenters. The first-order chi connectivity index (χ1) is 18.2. The maximum absolute atomic E-state index is 12.9. The highest BCUT2D eigenvalue weighted by molar-refractivity contribution is 8.18. The van der Waals surface area contributed by atoms with Gasteiger partial charge in [0.05, 0.1) is 17.0 Å². The fourth-order valence-corrected chi connectivity index (χ4v) is 5.24. The third-order valence-corrected chi connectivity index (χ3v) is 7.34. The first-order valence-electron chi connectivity index (χ1n) is 11.8. The lowest BCUT2D eigenvalue weighted by molar-refractivity contribution is -0.136. The van der Waals surface area contributed by atoms with Crippen LogP contribution in [0.25, 0.3) is 6.08 Å². The number of likely N-dealkylation sites (tertiary alicyclic amines) is 1. The summed E-state index contributed by atoms with van der Waals surface area (Å²) in [6.07, 6.45) is 4.41. The number of imide groups is 1. The first kappa shape index (κ1) is 27.8. The molecule has 2 saturated heterocycles. The minimum absolute atomic E-state index is 0.148. The van der Waals surface area contributed by atoms with Gasteiger partial charge in [0.15, 0.2) is 18.1 Å². The minimum atomic E-state index is -0.542. The van der Waals surface area contributed by atoms with Crippen LogP contribution in [0.1, 0.15) is 24.8 Å². The largest absolute Gasteiger partial charge is 0.493 e. The molecule has 2 aliphatic rings. The topological polar surface area (TPSA) is 105 Å². The van der Waals surface area contributed by atoms with Crippen molar-refractivity contribution < 1.29 is 28.7 Å². The Morgan fingerprint density at radius 1 is 1.08 bits per heavy atom. The fraction of sp³-hybridized carbons (Fsp3) is 0.308. The molecular formula is C26H25Cl2N3O6S. The van der Waals surface area contributed by atoms with Crippen LogP contribution in [0.3, 0.4) is 0 Å². The van der Waals surface area contributed by atoms with E-state index in [1.54, 1.807) is 35.2 Å². The van der Waals surface area contributed by atoms with Gasteiger partial charge in [-0.3, -0.25) is 24.1 Å². The van der Waals surface area contributed by atoms with Gasteiger partial charge in [-0.2, -0.15) is 0 Å². The summed E-state index contributed by atoms with van der Waals surface area (Å²) in [5.74, 6) is -0.804. The van der Waals surface area contributed by atoms with E-state index in [9.17, 15) is 19.2 Å². The van der Waals surface area contributed by atoms with Gasteiger partial charge >= 0.3 is 0 Å². The molecular weight excluding hydrogens is 553 g/mol. The standard InChI is InChI=1S/C26H25Cl2N3O6S/c1-36-20-12-16(11-19(28)24(20)37-15-22(32)29-18-7-5-17(27)6-8-18)13-21-25(34)31(26(35)38-21)14-23(33)30-9-3-2-4-10-30/h5-8,11-13H,2-4,9-10,14-15H2,1H3,(H,29,32)/b21-13-. The number of carbonyl (C=O) groups is 4. The molecule has 12 heteroatoms. The predicted molar refractivity (Wildman–Crippen MR) is 147 cm³/mol. The van der Waals surface area contributed by atoms with Crippen LogP contribution in [0.5, 0.6) is 11.5 Å². The minimum Gasteiger partial charge on any atom is -0.493 e. The number of benzene rings is 2. The van der Waals surface area contributed by atoms with Crippen molar-refractivity contribution in [2.45, 2.75) is 19.3 Å². The molecule has 0 unspecified atom stereocenters. The molecule has 0 aliphatic carbocycles. The van der Waals surface area contributed by atoms with Crippen LogP contribution in [-0.2, 0) is 14.4 Å². The Kier molecular flexibility index (Phi) is 9.19. The van der Waals surface area contributed by atoms with Crippen LogP contribution in [0.15, 0.2) is 41.3 Å². The molecule has 9 nitrogen and oxygen atoms in total. The first-order valence-corrected chi connectivity index (χ1v) is 13.4. The monoisotopic (exact) mass is 577 g/mol. The quantitative estimate of drug-likeness (QED) is 0.437. The van der Waals surface area contributed by atoms with Crippen molar-refractivity contribution in [3.05, 3.63) is 56.9 Å². The molecule has 0 radical (unpaired) electrons. The van der Waals surface area contributed by atoms with Gasteiger partial charge in [-0.25, -0.2) is 0 Å². The number of anilines is 1.